The fourth-order valence-electron chi connectivity index (χ4n) is 1.88. The summed E-state index contributed by atoms with van der Waals surface area (Å²) in [6.45, 7) is -0.0307. The average Bonchev–Trinajstić information content (AvgIpc) is 2.54. The van der Waals surface area contributed by atoms with Crippen molar-refractivity contribution < 1.29 is 32.6 Å². The molecule has 0 radical (unpaired) electrons. The summed E-state index contributed by atoms with van der Waals surface area (Å²) in [5.41, 5.74) is -4.43. The first-order valence-corrected chi connectivity index (χ1v) is 7.67. The number of carbonyl (C=O) groups is 2. The van der Waals surface area contributed by atoms with Crippen LogP contribution in [0.3, 0.4) is 0 Å². The van der Waals surface area contributed by atoms with Crippen molar-refractivity contribution in [3.63, 3.8) is 0 Å². The molecule has 0 atom stereocenters. The van der Waals surface area contributed by atoms with Crippen molar-refractivity contribution in [3.8, 4) is 0 Å². The van der Waals surface area contributed by atoms with E-state index in [4.69, 9.17) is 9.84 Å². The molecule has 2 aromatic rings. The van der Waals surface area contributed by atoms with E-state index >= 15 is 0 Å². The molecule has 25 heavy (non-hydrogen) atoms. The van der Waals surface area contributed by atoms with Crippen molar-refractivity contribution in [1.82, 2.24) is 0 Å². The molecule has 2 aromatic carbocycles. The molecule has 5 nitrogen and oxygen atoms in total. The highest BCUT2D eigenvalue weighted by Gasteiger charge is 2.30. The van der Waals surface area contributed by atoms with Crippen molar-refractivity contribution in [2.75, 3.05) is 5.32 Å². The van der Waals surface area contributed by atoms with Crippen LogP contribution in [0, 0.1) is 0 Å². The van der Waals surface area contributed by atoms with Gasteiger partial charge in [-0.1, -0.05) is 30.3 Å². The molecule has 0 saturated heterocycles. The van der Waals surface area contributed by atoms with E-state index in [1.165, 1.54) is 0 Å². The van der Waals surface area contributed by atoms with Crippen molar-refractivity contribution >= 4 is 29.5 Å². The van der Waals surface area contributed by atoms with E-state index in [-0.39, 0.29) is 17.2 Å². The van der Waals surface area contributed by atoms with Crippen LogP contribution in [0.25, 0.3) is 0 Å². The van der Waals surface area contributed by atoms with Crippen molar-refractivity contribution in [1.29, 1.82) is 0 Å². The zero-order chi connectivity index (χ0) is 18.4. The number of hydrogen-bond acceptors (Lipinski definition) is 4. The highest BCUT2D eigenvalue weighted by Crippen LogP contribution is 2.38. The van der Waals surface area contributed by atoms with Gasteiger partial charge >= 0.3 is 17.6 Å². The van der Waals surface area contributed by atoms with Crippen LogP contribution in [-0.4, -0.2) is 22.7 Å². The predicted molar refractivity (Wildman–Crippen MR) is 85.6 cm³/mol. The second-order valence-electron chi connectivity index (χ2n) is 4.75. The first-order valence-electron chi connectivity index (χ1n) is 6.85. The predicted octanol–water partition coefficient (Wildman–Crippen LogP) is 4.75. The smallest absolute Gasteiger partial charge is 0.446 e. The Kier molecular flexibility index (Phi) is 5.92. The summed E-state index contributed by atoms with van der Waals surface area (Å²) in [7, 11) is 0. The summed E-state index contributed by atoms with van der Waals surface area (Å²) in [6, 6.07) is 11.8. The zero-order valence-corrected chi connectivity index (χ0v) is 13.4. The molecule has 132 valence electrons. The van der Waals surface area contributed by atoms with Crippen LogP contribution < -0.4 is 5.32 Å². The molecule has 0 bridgehead atoms. The van der Waals surface area contributed by atoms with Gasteiger partial charge in [-0.05, 0) is 35.5 Å². The Balaban J connectivity index is 2.07. The molecule has 0 saturated carbocycles. The summed E-state index contributed by atoms with van der Waals surface area (Å²) in [5, 5.41) is 11.3. The summed E-state index contributed by atoms with van der Waals surface area (Å²) in [5.74, 6) is -1.47. The number of thioether (sulfide) groups is 1. The van der Waals surface area contributed by atoms with Gasteiger partial charge in [-0.15, -0.1) is 0 Å². The molecule has 0 heterocycles. The van der Waals surface area contributed by atoms with Gasteiger partial charge in [-0.25, -0.2) is 9.59 Å². The third kappa shape index (κ3) is 6.03. The topological polar surface area (TPSA) is 75.6 Å². The average molecular weight is 371 g/mol. The highest BCUT2D eigenvalue weighted by molar-refractivity contribution is 8.00. The summed E-state index contributed by atoms with van der Waals surface area (Å²) in [6.07, 6.45) is -0.914. The fraction of sp³-hybridized carbons (Fsp3) is 0.125. The minimum Gasteiger partial charge on any atom is -0.478 e. The normalized spacial score (nSPS) is 11.0. The fourth-order valence-corrected chi connectivity index (χ4v) is 2.46. The minimum atomic E-state index is -4.54. The zero-order valence-electron chi connectivity index (χ0n) is 12.5. The van der Waals surface area contributed by atoms with Crippen LogP contribution in [0.4, 0.5) is 23.7 Å². The lowest BCUT2D eigenvalue weighted by atomic mass is 10.2. The Morgan fingerprint density at radius 2 is 1.80 bits per heavy atom. The quantitative estimate of drug-likeness (QED) is 0.742. The van der Waals surface area contributed by atoms with Gasteiger partial charge < -0.3 is 9.84 Å². The maximum atomic E-state index is 12.4. The number of benzene rings is 2. The molecule has 0 aliphatic rings. The Labute approximate surface area is 144 Å². The van der Waals surface area contributed by atoms with Crippen LogP contribution in [0.15, 0.2) is 53.4 Å². The van der Waals surface area contributed by atoms with Gasteiger partial charge in [-0.2, -0.15) is 13.2 Å². The third-order valence-electron chi connectivity index (χ3n) is 2.90. The lowest BCUT2D eigenvalue weighted by molar-refractivity contribution is -0.0328. The standard InChI is InChI=1S/C16H12F3NO4S/c17-16(18,19)25-11-6-7-13(12(8-11)14(21)22)20-15(23)24-9-10-4-2-1-3-5-10/h1-8H,9H2,(H,20,23)(H,21,22). The minimum absolute atomic E-state index is 0.0307. The maximum absolute atomic E-state index is 12.4. The van der Waals surface area contributed by atoms with Crippen LogP contribution >= 0.6 is 11.8 Å². The largest absolute Gasteiger partial charge is 0.478 e. The molecular formula is C16H12F3NO4S. The number of halogens is 3. The van der Waals surface area contributed by atoms with Crippen molar-refractivity contribution in [2.24, 2.45) is 0 Å². The number of carboxylic acid groups (broad SMARTS) is 1. The number of amides is 1. The first-order chi connectivity index (χ1) is 11.7. The molecular weight excluding hydrogens is 359 g/mol. The van der Waals surface area contributed by atoms with Gasteiger partial charge in [0.05, 0.1) is 11.3 Å². The van der Waals surface area contributed by atoms with E-state index < -0.39 is 34.9 Å². The van der Waals surface area contributed by atoms with Crippen LogP contribution in [0.5, 0.6) is 0 Å². The third-order valence-corrected chi connectivity index (χ3v) is 3.63. The van der Waals surface area contributed by atoms with E-state index in [1.807, 2.05) is 0 Å². The number of hydrogen-bond donors (Lipinski definition) is 2. The molecule has 2 N–H and O–H groups in total. The lowest BCUT2D eigenvalue weighted by Crippen LogP contribution is -2.16. The number of anilines is 1. The van der Waals surface area contributed by atoms with Crippen molar-refractivity contribution in [3.05, 3.63) is 59.7 Å². The lowest BCUT2D eigenvalue weighted by Gasteiger charge is -2.11. The molecule has 0 aliphatic heterocycles. The number of alkyl halides is 3. The van der Waals surface area contributed by atoms with Crippen LogP contribution in [0.1, 0.15) is 15.9 Å². The summed E-state index contributed by atoms with van der Waals surface area (Å²) < 4.78 is 42.1. The second-order valence-corrected chi connectivity index (χ2v) is 5.89. The number of nitrogens with one attached hydrogen (secondary N) is 1. The molecule has 0 aliphatic carbocycles. The van der Waals surface area contributed by atoms with Crippen LogP contribution in [0.2, 0.25) is 0 Å². The highest BCUT2D eigenvalue weighted by atomic mass is 32.2. The molecule has 2 rings (SSSR count). The Hall–Kier alpha value is -2.68. The maximum Gasteiger partial charge on any atom is 0.446 e. The van der Waals surface area contributed by atoms with Gasteiger partial charge in [0.2, 0.25) is 0 Å². The molecule has 0 unspecified atom stereocenters. The molecule has 1 amide bonds. The van der Waals surface area contributed by atoms with Gasteiger partial charge in [0.1, 0.15) is 6.61 Å². The van der Waals surface area contributed by atoms with E-state index in [0.717, 1.165) is 23.8 Å². The van der Waals surface area contributed by atoms with E-state index in [0.29, 0.717) is 0 Å². The summed E-state index contributed by atoms with van der Waals surface area (Å²) in [4.78, 5) is 22.7. The molecule has 9 heteroatoms. The molecule has 0 fully saturated rings. The SMILES string of the molecule is O=C(Nc1ccc(SC(F)(F)F)cc1C(=O)O)OCc1ccccc1. The van der Waals surface area contributed by atoms with Crippen molar-refractivity contribution in [2.45, 2.75) is 17.0 Å². The molecule has 0 aromatic heterocycles. The van der Waals surface area contributed by atoms with Crippen LogP contribution in [-0.2, 0) is 11.3 Å². The number of carboxylic acids is 1. The monoisotopic (exact) mass is 371 g/mol. The Morgan fingerprint density at radius 3 is 2.40 bits per heavy atom. The van der Waals surface area contributed by atoms with Gasteiger partial charge in [0.15, 0.2) is 0 Å². The number of rotatable bonds is 5. The number of carbonyl (C=O) groups excluding carboxylic acids is 1. The second kappa shape index (κ2) is 7.93. The first kappa shape index (κ1) is 18.7. The van der Waals surface area contributed by atoms with Gasteiger partial charge in [0.25, 0.3) is 0 Å². The van der Waals surface area contributed by atoms with Gasteiger partial charge in [0, 0.05) is 4.90 Å². The Morgan fingerprint density at radius 1 is 1.12 bits per heavy atom. The van der Waals surface area contributed by atoms with E-state index in [9.17, 15) is 22.8 Å². The van der Waals surface area contributed by atoms with Gasteiger partial charge in [-0.3, -0.25) is 5.32 Å². The Bertz CT molecular complexity index is 766. The summed E-state index contributed by atoms with van der Waals surface area (Å²) >= 11 is -0.440. The van der Waals surface area contributed by atoms with E-state index in [1.54, 1.807) is 30.3 Å². The molecule has 0 spiro atoms. The van der Waals surface area contributed by atoms with E-state index in [2.05, 4.69) is 5.32 Å². The number of ether oxygens (including phenoxy) is 1. The number of aromatic carboxylic acids is 1.